The van der Waals surface area contributed by atoms with Crippen LogP contribution in [0.1, 0.15) is 78.6 Å². The lowest BCUT2D eigenvalue weighted by Crippen LogP contribution is -2.56. The molecule has 0 aliphatic heterocycles. The number of hydrogen-bond donors (Lipinski definition) is 1. The first-order valence-electron chi connectivity index (χ1n) is 8.99. The van der Waals surface area contributed by atoms with Gasteiger partial charge in [0, 0.05) is 18.1 Å². The Hall–Kier alpha value is -0.0800. The van der Waals surface area contributed by atoms with E-state index in [0.717, 1.165) is 18.6 Å². The molecule has 2 nitrogen and oxygen atoms in total. The average Bonchev–Trinajstić information content (AvgIpc) is 2.69. The van der Waals surface area contributed by atoms with Crippen LogP contribution in [0.15, 0.2) is 0 Å². The molecule has 0 aromatic heterocycles. The van der Waals surface area contributed by atoms with Crippen molar-refractivity contribution in [3.63, 3.8) is 0 Å². The average molecular weight is 280 g/mol. The molecule has 1 N–H and O–H groups in total. The first kappa shape index (κ1) is 16.3. The number of nitrogens with zero attached hydrogens (tertiary/aromatic N) is 1. The Kier molecular flexibility index (Phi) is 5.92. The molecule has 118 valence electrons. The summed E-state index contributed by atoms with van der Waals surface area (Å²) in [7, 11) is 2.41. The molecule has 0 saturated heterocycles. The van der Waals surface area contributed by atoms with E-state index in [4.69, 9.17) is 0 Å². The van der Waals surface area contributed by atoms with Gasteiger partial charge in [0.05, 0.1) is 0 Å². The minimum Gasteiger partial charge on any atom is -0.313 e. The van der Waals surface area contributed by atoms with Gasteiger partial charge in [0.25, 0.3) is 0 Å². The summed E-state index contributed by atoms with van der Waals surface area (Å²) in [6.45, 7) is 8.29. The van der Waals surface area contributed by atoms with E-state index in [1.807, 2.05) is 0 Å². The highest BCUT2D eigenvalue weighted by Crippen LogP contribution is 2.38. The summed E-state index contributed by atoms with van der Waals surface area (Å²) in [5.74, 6) is 0. The van der Waals surface area contributed by atoms with Crippen LogP contribution in [-0.4, -0.2) is 36.6 Å². The maximum atomic E-state index is 3.77. The van der Waals surface area contributed by atoms with E-state index in [1.165, 1.54) is 57.8 Å². The van der Waals surface area contributed by atoms with Crippen LogP contribution in [-0.2, 0) is 0 Å². The van der Waals surface area contributed by atoms with Crippen molar-refractivity contribution in [2.45, 2.75) is 96.7 Å². The molecule has 2 atom stereocenters. The van der Waals surface area contributed by atoms with Crippen LogP contribution < -0.4 is 5.32 Å². The van der Waals surface area contributed by atoms with E-state index in [-0.39, 0.29) is 0 Å². The summed E-state index contributed by atoms with van der Waals surface area (Å²) < 4.78 is 0. The summed E-state index contributed by atoms with van der Waals surface area (Å²) >= 11 is 0. The summed E-state index contributed by atoms with van der Waals surface area (Å²) in [6.07, 6.45) is 12.7. The molecule has 20 heavy (non-hydrogen) atoms. The van der Waals surface area contributed by atoms with Gasteiger partial charge in [-0.15, -0.1) is 0 Å². The van der Waals surface area contributed by atoms with Crippen LogP contribution in [0.4, 0.5) is 0 Å². The molecule has 0 radical (unpaired) electrons. The first-order chi connectivity index (χ1) is 9.53. The summed E-state index contributed by atoms with van der Waals surface area (Å²) in [5, 5.41) is 3.77. The predicted molar refractivity (Wildman–Crippen MR) is 88.1 cm³/mol. The van der Waals surface area contributed by atoms with Crippen molar-refractivity contribution in [1.29, 1.82) is 0 Å². The minimum absolute atomic E-state index is 0.523. The second-order valence-corrected chi connectivity index (χ2v) is 7.95. The van der Waals surface area contributed by atoms with Crippen LogP contribution in [0.5, 0.6) is 0 Å². The minimum atomic E-state index is 0.523. The SMILES string of the molecule is CCNC1CCC(C)(C)CC1N(C)C1CCCCCC1. The zero-order valence-electron chi connectivity index (χ0n) is 14.3. The molecule has 2 aliphatic carbocycles. The molecule has 0 spiro atoms. The summed E-state index contributed by atoms with van der Waals surface area (Å²) in [4.78, 5) is 2.76. The highest BCUT2D eigenvalue weighted by Gasteiger charge is 2.38. The van der Waals surface area contributed by atoms with E-state index >= 15 is 0 Å². The van der Waals surface area contributed by atoms with Gasteiger partial charge in [-0.1, -0.05) is 46.5 Å². The van der Waals surface area contributed by atoms with E-state index in [2.05, 4.69) is 38.0 Å². The van der Waals surface area contributed by atoms with Gasteiger partial charge in [-0.25, -0.2) is 0 Å². The fourth-order valence-electron chi connectivity index (χ4n) is 4.41. The zero-order chi connectivity index (χ0) is 14.6. The molecule has 0 aromatic carbocycles. The van der Waals surface area contributed by atoms with Gasteiger partial charge < -0.3 is 5.32 Å². The van der Waals surface area contributed by atoms with Gasteiger partial charge in [-0.2, -0.15) is 0 Å². The van der Waals surface area contributed by atoms with Crippen molar-refractivity contribution in [1.82, 2.24) is 10.2 Å². The largest absolute Gasteiger partial charge is 0.313 e. The van der Waals surface area contributed by atoms with Crippen LogP contribution in [0.3, 0.4) is 0 Å². The molecule has 2 aliphatic rings. The lowest BCUT2D eigenvalue weighted by atomic mass is 9.72. The highest BCUT2D eigenvalue weighted by atomic mass is 15.2. The predicted octanol–water partition coefficient (Wildman–Crippen LogP) is 4.20. The third-order valence-electron chi connectivity index (χ3n) is 5.75. The molecule has 0 bridgehead atoms. The lowest BCUT2D eigenvalue weighted by molar-refractivity contribution is 0.0504. The lowest BCUT2D eigenvalue weighted by Gasteiger charge is -2.47. The fourth-order valence-corrected chi connectivity index (χ4v) is 4.41. The molecule has 0 heterocycles. The Morgan fingerprint density at radius 3 is 2.30 bits per heavy atom. The van der Waals surface area contributed by atoms with Gasteiger partial charge in [0.1, 0.15) is 0 Å². The smallest absolute Gasteiger partial charge is 0.0254 e. The van der Waals surface area contributed by atoms with Crippen molar-refractivity contribution >= 4 is 0 Å². The fraction of sp³-hybridized carbons (Fsp3) is 1.00. The molecule has 0 amide bonds. The standard InChI is InChI=1S/C18H36N2/c1-5-19-16-12-13-18(2,3)14-17(16)20(4)15-10-8-6-7-9-11-15/h15-17,19H,5-14H2,1-4H3. The van der Waals surface area contributed by atoms with Crippen molar-refractivity contribution in [2.75, 3.05) is 13.6 Å². The van der Waals surface area contributed by atoms with E-state index in [9.17, 15) is 0 Å². The van der Waals surface area contributed by atoms with Gasteiger partial charge in [0.2, 0.25) is 0 Å². The molecule has 2 rings (SSSR count). The molecular weight excluding hydrogens is 244 g/mol. The molecule has 2 saturated carbocycles. The summed E-state index contributed by atoms with van der Waals surface area (Å²) in [5.41, 5.74) is 0.523. The Morgan fingerprint density at radius 1 is 1.05 bits per heavy atom. The van der Waals surface area contributed by atoms with Gasteiger partial charge in [-0.05, 0) is 51.1 Å². The molecule has 2 fully saturated rings. The topological polar surface area (TPSA) is 15.3 Å². The monoisotopic (exact) mass is 280 g/mol. The Morgan fingerprint density at radius 2 is 1.70 bits per heavy atom. The van der Waals surface area contributed by atoms with Crippen LogP contribution >= 0.6 is 0 Å². The Labute approximate surface area is 126 Å². The maximum absolute atomic E-state index is 3.77. The highest BCUT2D eigenvalue weighted by molar-refractivity contribution is 4.95. The third kappa shape index (κ3) is 4.21. The second kappa shape index (κ2) is 7.26. The van der Waals surface area contributed by atoms with Crippen molar-refractivity contribution < 1.29 is 0 Å². The van der Waals surface area contributed by atoms with E-state index in [0.29, 0.717) is 11.5 Å². The number of rotatable bonds is 4. The van der Waals surface area contributed by atoms with Crippen molar-refractivity contribution in [3.8, 4) is 0 Å². The van der Waals surface area contributed by atoms with Gasteiger partial charge in [-0.3, -0.25) is 4.90 Å². The van der Waals surface area contributed by atoms with Gasteiger partial charge >= 0.3 is 0 Å². The molecule has 0 aromatic rings. The quantitative estimate of drug-likeness (QED) is 0.777. The van der Waals surface area contributed by atoms with Crippen LogP contribution in [0, 0.1) is 5.41 Å². The molecular formula is C18H36N2. The summed E-state index contributed by atoms with van der Waals surface area (Å²) in [6, 6.07) is 2.28. The van der Waals surface area contributed by atoms with E-state index in [1.54, 1.807) is 0 Å². The first-order valence-corrected chi connectivity index (χ1v) is 8.99. The Balaban J connectivity index is 2.03. The van der Waals surface area contributed by atoms with Crippen molar-refractivity contribution in [3.05, 3.63) is 0 Å². The number of likely N-dealkylation sites (N-methyl/N-ethyl adjacent to an activating group) is 2. The molecule has 2 heteroatoms. The third-order valence-corrected chi connectivity index (χ3v) is 5.75. The van der Waals surface area contributed by atoms with Crippen LogP contribution in [0.25, 0.3) is 0 Å². The van der Waals surface area contributed by atoms with Crippen molar-refractivity contribution in [2.24, 2.45) is 5.41 Å². The molecule has 2 unspecified atom stereocenters. The van der Waals surface area contributed by atoms with E-state index < -0.39 is 0 Å². The zero-order valence-corrected chi connectivity index (χ0v) is 14.3. The normalized spacial score (nSPS) is 32.2. The van der Waals surface area contributed by atoms with Crippen LogP contribution in [0.2, 0.25) is 0 Å². The Bertz CT molecular complexity index is 279. The maximum Gasteiger partial charge on any atom is 0.0254 e. The van der Waals surface area contributed by atoms with Gasteiger partial charge in [0.15, 0.2) is 0 Å². The number of nitrogens with one attached hydrogen (secondary N) is 1. The number of hydrogen-bond acceptors (Lipinski definition) is 2. The second-order valence-electron chi connectivity index (χ2n) is 7.95.